The molecule has 114 valence electrons. The van der Waals surface area contributed by atoms with Gasteiger partial charge in [-0.15, -0.1) is 0 Å². The number of aryl methyl sites for hydroxylation is 2. The molecule has 0 spiro atoms. The second kappa shape index (κ2) is 8.01. The Kier molecular flexibility index (Phi) is 6.03. The van der Waals surface area contributed by atoms with Crippen molar-refractivity contribution >= 4 is 0 Å². The highest BCUT2D eigenvalue weighted by Gasteiger charge is 2.07. The fourth-order valence-corrected chi connectivity index (χ4v) is 2.40. The molecule has 0 fully saturated rings. The van der Waals surface area contributed by atoms with Gasteiger partial charge in [-0.05, 0) is 57.0 Å². The van der Waals surface area contributed by atoms with Gasteiger partial charge in [-0.3, -0.25) is 0 Å². The van der Waals surface area contributed by atoms with Gasteiger partial charge in [0.05, 0.1) is 6.26 Å². The number of hydrogen-bond acceptors (Lipinski definition) is 3. The number of rotatable bonds is 8. The van der Waals surface area contributed by atoms with Crippen molar-refractivity contribution in [2.45, 2.75) is 39.8 Å². The smallest absolute Gasteiger partial charge is 0.129 e. The van der Waals surface area contributed by atoms with Crippen LogP contribution in [0.5, 0.6) is 0 Å². The molecular weight excluding hydrogens is 262 g/mol. The van der Waals surface area contributed by atoms with E-state index in [0.717, 1.165) is 25.3 Å². The molecule has 0 aliphatic heterocycles. The summed E-state index contributed by atoms with van der Waals surface area (Å²) in [4.78, 5) is 0. The van der Waals surface area contributed by atoms with Crippen LogP contribution in [0.4, 0.5) is 0 Å². The van der Waals surface area contributed by atoms with Crippen LogP contribution in [0.1, 0.15) is 41.8 Å². The summed E-state index contributed by atoms with van der Waals surface area (Å²) in [5.74, 6) is 0.881. The van der Waals surface area contributed by atoms with Crippen molar-refractivity contribution in [1.82, 2.24) is 5.32 Å². The Morgan fingerprint density at radius 3 is 2.86 bits per heavy atom. The van der Waals surface area contributed by atoms with Gasteiger partial charge in [-0.2, -0.15) is 0 Å². The van der Waals surface area contributed by atoms with Crippen molar-refractivity contribution in [2.75, 3.05) is 13.2 Å². The molecule has 0 amide bonds. The van der Waals surface area contributed by atoms with Gasteiger partial charge >= 0.3 is 0 Å². The lowest BCUT2D eigenvalue weighted by Gasteiger charge is -2.17. The monoisotopic (exact) mass is 287 g/mol. The summed E-state index contributed by atoms with van der Waals surface area (Å²) in [6.07, 6.45) is 2.67. The Hall–Kier alpha value is -1.58. The van der Waals surface area contributed by atoms with Crippen LogP contribution in [-0.4, -0.2) is 13.2 Å². The lowest BCUT2D eigenvalue weighted by molar-refractivity contribution is 0.104. The van der Waals surface area contributed by atoms with E-state index in [-0.39, 0.29) is 0 Å². The van der Waals surface area contributed by atoms with Crippen LogP contribution in [0.2, 0.25) is 0 Å². The molecule has 0 saturated heterocycles. The molecule has 1 heterocycles. The van der Waals surface area contributed by atoms with E-state index < -0.39 is 0 Å². The van der Waals surface area contributed by atoms with Gasteiger partial charge < -0.3 is 14.5 Å². The lowest BCUT2D eigenvalue weighted by Crippen LogP contribution is -2.21. The molecule has 1 N–H and O–H groups in total. The van der Waals surface area contributed by atoms with Gasteiger partial charge in [0.25, 0.3) is 0 Å². The fraction of sp³-hybridized carbons (Fsp3) is 0.444. The summed E-state index contributed by atoms with van der Waals surface area (Å²) in [5.41, 5.74) is 4.03. The quantitative estimate of drug-likeness (QED) is 0.740. The van der Waals surface area contributed by atoms with Gasteiger partial charge in [0, 0.05) is 12.6 Å². The third-order valence-electron chi connectivity index (χ3n) is 3.64. The third-order valence-corrected chi connectivity index (χ3v) is 3.64. The zero-order valence-electron chi connectivity index (χ0n) is 13.2. The van der Waals surface area contributed by atoms with E-state index in [4.69, 9.17) is 9.15 Å². The van der Waals surface area contributed by atoms with E-state index in [0.29, 0.717) is 12.6 Å². The Morgan fingerprint density at radius 1 is 1.24 bits per heavy atom. The van der Waals surface area contributed by atoms with Gasteiger partial charge in [-0.25, -0.2) is 0 Å². The van der Waals surface area contributed by atoms with Crippen molar-refractivity contribution in [2.24, 2.45) is 0 Å². The molecule has 0 bridgehead atoms. The molecule has 3 heteroatoms. The minimum Gasteiger partial charge on any atom is -0.467 e. The SMILES string of the molecule is Cc1ccc(C)c(C(C)NCCCOCc2ccco2)c1. The molecule has 1 unspecified atom stereocenters. The molecule has 2 rings (SSSR count). The predicted octanol–water partition coefficient (Wildman–Crippen LogP) is 4.15. The third kappa shape index (κ3) is 5.03. The molecule has 21 heavy (non-hydrogen) atoms. The minimum absolute atomic E-state index is 0.370. The van der Waals surface area contributed by atoms with Crippen LogP contribution < -0.4 is 5.32 Å². The van der Waals surface area contributed by atoms with Crippen LogP contribution in [-0.2, 0) is 11.3 Å². The molecule has 2 aromatic rings. The first kappa shape index (κ1) is 15.8. The molecule has 1 aromatic heterocycles. The Bertz CT molecular complexity index is 534. The van der Waals surface area contributed by atoms with E-state index in [1.54, 1.807) is 6.26 Å². The summed E-state index contributed by atoms with van der Waals surface area (Å²) in [7, 11) is 0. The summed E-state index contributed by atoms with van der Waals surface area (Å²) in [6, 6.07) is 10.8. The average Bonchev–Trinajstić information content (AvgIpc) is 2.98. The zero-order valence-corrected chi connectivity index (χ0v) is 13.2. The molecule has 1 atom stereocenters. The molecule has 0 aliphatic carbocycles. The van der Waals surface area contributed by atoms with E-state index in [9.17, 15) is 0 Å². The predicted molar refractivity (Wildman–Crippen MR) is 85.3 cm³/mol. The Labute approximate surface area is 127 Å². The van der Waals surface area contributed by atoms with Gasteiger partial charge in [-0.1, -0.05) is 23.8 Å². The topological polar surface area (TPSA) is 34.4 Å². The maximum absolute atomic E-state index is 5.57. The molecule has 0 aliphatic rings. The second-order valence-corrected chi connectivity index (χ2v) is 5.52. The first-order valence-electron chi connectivity index (χ1n) is 7.57. The maximum Gasteiger partial charge on any atom is 0.129 e. The Balaban J connectivity index is 1.65. The molecule has 1 aromatic carbocycles. The van der Waals surface area contributed by atoms with Crippen LogP contribution in [0, 0.1) is 13.8 Å². The van der Waals surface area contributed by atoms with Crippen molar-refractivity contribution in [3.63, 3.8) is 0 Å². The first-order valence-corrected chi connectivity index (χ1v) is 7.57. The van der Waals surface area contributed by atoms with Crippen LogP contribution >= 0.6 is 0 Å². The second-order valence-electron chi connectivity index (χ2n) is 5.52. The Morgan fingerprint density at radius 2 is 2.10 bits per heavy atom. The minimum atomic E-state index is 0.370. The summed E-state index contributed by atoms with van der Waals surface area (Å²) in [5, 5.41) is 3.56. The van der Waals surface area contributed by atoms with E-state index in [1.165, 1.54) is 16.7 Å². The van der Waals surface area contributed by atoms with Crippen molar-refractivity contribution in [3.05, 3.63) is 59.0 Å². The largest absolute Gasteiger partial charge is 0.467 e. The highest BCUT2D eigenvalue weighted by Crippen LogP contribution is 2.18. The molecular formula is C18H25NO2. The normalized spacial score (nSPS) is 12.5. The number of ether oxygens (including phenoxy) is 1. The van der Waals surface area contributed by atoms with Crippen molar-refractivity contribution < 1.29 is 9.15 Å². The number of nitrogens with one attached hydrogen (secondary N) is 1. The van der Waals surface area contributed by atoms with Gasteiger partial charge in [0.15, 0.2) is 0 Å². The molecule has 3 nitrogen and oxygen atoms in total. The average molecular weight is 287 g/mol. The van der Waals surface area contributed by atoms with E-state index in [1.807, 2.05) is 12.1 Å². The van der Waals surface area contributed by atoms with Crippen LogP contribution in [0.3, 0.4) is 0 Å². The summed E-state index contributed by atoms with van der Waals surface area (Å²) < 4.78 is 10.8. The standard InChI is InChI=1S/C18H25NO2/c1-14-7-8-15(2)18(12-14)16(3)19-9-5-10-20-13-17-6-4-11-21-17/h4,6-8,11-12,16,19H,5,9-10,13H2,1-3H3. The van der Waals surface area contributed by atoms with Crippen LogP contribution in [0.25, 0.3) is 0 Å². The number of hydrogen-bond donors (Lipinski definition) is 1. The maximum atomic E-state index is 5.57. The number of furan rings is 1. The highest BCUT2D eigenvalue weighted by molar-refractivity contribution is 5.32. The van der Waals surface area contributed by atoms with Gasteiger partial charge in [0.2, 0.25) is 0 Å². The van der Waals surface area contributed by atoms with Crippen LogP contribution in [0.15, 0.2) is 41.0 Å². The highest BCUT2D eigenvalue weighted by atomic mass is 16.5. The number of benzene rings is 1. The van der Waals surface area contributed by atoms with E-state index >= 15 is 0 Å². The fourth-order valence-electron chi connectivity index (χ4n) is 2.40. The zero-order chi connectivity index (χ0) is 15.1. The summed E-state index contributed by atoms with van der Waals surface area (Å²) >= 11 is 0. The summed E-state index contributed by atoms with van der Waals surface area (Å²) in [6.45, 7) is 8.77. The molecule has 0 saturated carbocycles. The van der Waals surface area contributed by atoms with E-state index in [2.05, 4.69) is 44.3 Å². The first-order chi connectivity index (χ1) is 10.2. The van der Waals surface area contributed by atoms with Gasteiger partial charge in [0.1, 0.15) is 12.4 Å². The molecule has 0 radical (unpaired) electrons. The van der Waals surface area contributed by atoms with Crippen molar-refractivity contribution in [3.8, 4) is 0 Å². The lowest BCUT2D eigenvalue weighted by atomic mass is 10.00. The van der Waals surface area contributed by atoms with Crippen molar-refractivity contribution in [1.29, 1.82) is 0 Å².